The molecule has 6 nitrogen and oxygen atoms in total. The summed E-state index contributed by atoms with van der Waals surface area (Å²) >= 11 is 6.82. The van der Waals surface area contributed by atoms with Crippen LogP contribution in [0.5, 0.6) is 5.75 Å². The Morgan fingerprint density at radius 3 is 2.60 bits per heavy atom. The summed E-state index contributed by atoms with van der Waals surface area (Å²) in [4.78, 5) is 12.5. The molecule has 3 rings (SSSR count). The molecule has 0 bridgehead atoms. The van der Waals surface area contributed by atoms with Gasteiger partial charge in [-0.3, -0.25) is 4.79 Å². The van der Waals surface area contributed by atoms with Crippen molar-refractivity contribution >= 4 is 29.1 Å². The molecule has 0 aliphatic rings. The quantitative estimate of drug-likeness (QED) is 0.338. The standard InChI is InChI=1S/C19H17ClF3N3O3S/c1-11-7-15(12(2)26(11)10-19(21,22)23)16(27)9-30-18-25-24-17(29-18)8-28-14-5-3-13(20)4-6-14/h3-7H,8-10H2,1-2H3. The Bertz CT molecular complexity index is 1030. The second-order valence-corrected chi connectivity index (χ2v) is 7.77. The van der Waals surface area contributed by atoms with Crippen LogP contribution < -0.4 is 4.74 Å². The maximum atomic E-state index is 12.7. The van der Waals surface area contributed by atoms with E-state index in [-0.39, 0.29) is 40.5 Å². The molecule has 0 aliphatic carbocycles. The van der Waals surface area contributed by atoms with E-state index in [1.165, 1.54) is 19.9 Å². The van der Waals surface area contributed by atoms with Gasteiger partial charge in [-0.15, -0.1) is 10.2 Å². The van der Waals surface area contributed by atoms with E-state index >= 15 is 0 Å². The van der Waals surface area contributed by atoms with Crippen LogP contribution >= 0.6 is 23.4 Å². The van der Waals surface area contributed by atoms with Gasteiger partial charge in [0.1, 0.15) is 12.3 Å². The molecule has 30 heavy (non-hydrogen) atoms. The van der Waals surface area contributed by atoms with Gasteiger partial charge in [-0.05, 0) is 44.2 Å². The van der Waals surface area contributed by atoms with E-state index < -0.39 is 12.7 Å². The van der Waals surface area contributed by atoms with E-state index in [1.807, 2.05) is 0 Å². The molecule has 0 atom stereocenters. The van der Waals surface area contributed by atoms with Crippen LogP contribution in [0.4, 0.5) is 13.2 Å². The normalized spacial score (nSPS) is 11.7. The largest absolute Gasteiger partial charge is 0.484 e. The van der Waals surface area contributed by atoms with Crippen molar-refractivity contribution in [2.24, 2.45) is 0 Å². The fourth-order valence-corrected chi connectivity index (χ4v) is 3.53. The average molecular weight is 460 g/mol. The van der Waals surface area contributed by atoms with Crippen molar-refractivity contribution in [3.8, 4) is 5.75 Å². The van der Waals surface area contributed by atoms with E-state index in [4.69, 9.17) is 20.8 Å². The third-order valence-electron chi connectivity index (χ3n) is 4.16. The number of halogens is 4. The molecular formula is C19H17ClF3N3O3S. The van der Waals surface area contributed by atoms with Gasteiger partial charge in [0.25, 0.3) is 11.1 Å². The molecule has 3 aromatic rings. The Balaban J connectivity index is 1.56. The van der Waals surface area contributed by atoms with Crippen molar-refractivity contribution in [2.75, 3.05) is 5.75 Å². The Labute approximate surface area is 179 Å². The maximum Gasteiger partial charge on any atom is 0.406 e. The van der Waals surface area contributed by atoms with Crippen molar-refractivity contribution in [1.29, 1.82) is 0 Å². The van der Waals surface area contributed by atoms with Crippen molar-refractivity contribution in [3.63, 3.8) is 0 Å². The third kappa shape index (κ3) is 5.79. The number of benzene rings is 1. The number of alkyl halides is 3. The average Bonchev–Trinajstić information content (AvgIpc) is 3.24. The zero-order valence-electron chi connectivity index (χ0n) is 16.0. The number of ether oxygens (including phenoxy) is 1. The molecule has 0 unspecified atom stereocenters. The Morgan fingerprint density at radius 1 is 1.23 bits per heavy atom. The van der Waals surface area contributed by atoms with Gasteiger partial charge in [-0.2, -0.15) is 13.2 Å². The van der Waals surface area contributed by atoms with E-state index in [9.17, 15) is 18.0 Å². The fraction of sp³-hybridized carbons (Fsp3) is 0.316. The molecule has 0 spiro atoms. The fourth-order valence-electron chi connectivity index (χ4n) is 2.74. The highest BCUT2D eigenvalue weighted by atomic mass is 35.5. The summed E-state index contributed by atoms with van der Waals surface area (Å²) in [7, 11) is 0. The molecule has 11 heteroatoms. The van der Waals surface area contributed by atoms with Crippen LogP contribution in [0, 0.1) is 13.8 Å². The smallest absolute Gasteiger partial charge is 0.406 e. The van der Waals surface area contributed by atoms with Gasteiger partial charge in [-0.25, -0.2) is 0 Å². The van der Waals surface area contributed by atoms with Crippen molar-refractivity contribution in [2.45, 2.75) is 38.4 Å². The first-order valence-corrected chi connectivity index (χ1v) is 10.1. The molecule has 0 radical (unpaired) electrons. The lowest BCUT2D eigenvalue weighted by Gasteiger charge is -2.12. The molecule has 0 saturated heterocycles. The topological polar surface area (TPSA) is 70.2 Å². The summed E-state index contributed by atoms with van der Waals surface area (Å²) < 4.78 is 50.2. The highest BCUT2D eigenvalue weighted by Crippen LogP contribution is 2.25. The second-order valence-electron chi connectivity index (χ2n) is 6.40. The molecule has 2 heterocycles. The van der Waals surface area contributed by atoms with Gasteiger partial charge < -0.3 is 13.7 Å². The van der Waals surface area contributed by atoms with Gasteiger partial charge >= 0.3 is 6.18 Å². The summed E-state index contributed by atoms with van der Waals surface area (Å²) in [5.41, 5.74) is 0.894. The summed E-state index contributed by atoms with van der Waals surface area (Å²) in [5, 5.41) is 8.44. The van der Waals surface area contributed by atoms with Crippen LogP contribution in [-0.4, -0.2) is 32.5 Å². The molecular weight excluding hydrogens is 443 g/mol. The minimum Gasteiger partial charge on any atom is -0.484 e. The first-order valence-electron chi connectivity index (χ1n) is 8.72. The minimum absolute atomic E-state index is 0.0434. The van der Waals surface area contributed by atoms with Gasteiger partial charge in [-0.1, -0.05) is 23.4 Å². The Morgan fingerprint density at radius 2 is 1.93 bits per heavy atom. The highest BCUT2D eigenvalue weighted by Gasteiger charge is 2.30. The number of thioether (sulfide) groups is 1. The molecule has 0 aliphatic heterocycles. The first kappa shape index (κ1) is 22.2. The number of aromatic nitrogens is 3. The maximum absolute atomic E-state index is 12.7. The molecule has 1 aromatic carbocycles. The van der Waals surface area contributed by atoms with E-state index in [0.29, 0.717) is 16.5 Å². The summed E-state index contributed by atoms with van der Waals surface area (Å²) in [6.07, 6.45) is -4.36. The summed E-state index contributed by atoms with van der Waals surface area (Å²) in [6.45, 7) is 1.94. The van der Waals surface area contributed by atoms with Gasteiger partial charge in [0, 0.05) is 22.0 Å². The van der Waals surface area contributed by atoms with Crippen LogP contribution in [-0.2, 0) is 13.2 Å². The van der Waals surface area contributed by atoms with Crippen LogP contribution in [0.2, 0.25) is 5.02 Å². The van der Waals surface area contributed by atoms with E-state index in [0.717, 1.165) is 16.3 Å². The van der Waals surface area contributed by atoms with Crippen LogP contribution in [0.15, 0.2) is 40.0 Å². The highest BCUT2D eigenvalue weighted by molar-refractivity contribution is 7.99. The lowest BCUT2D eigenvalue weighted by molar-refractivity contribution is -0.141. The number of Topliss-reactive ketones (excluding diaryl/α,β-unsaturated/α-hetero) is 1. The molecule has 160 valence electrons. The molecule has 0 N–H and O–H groups in total. The van der Waals surface area contributed by atoms with Crippen molar-refractivity contribution < 1.29 is 27.1 Å². The predicted molar refractivity (Wildman–Crippen MR) is 105 cm³/mol. The van der Waals surface area contributed by atoms with Crippen molar-refractivity contribution in [3.05, 3.63) is 58.2 Å². The predicted octanol–water partition coefficient (Wildman–Crippen LogP) is 5.26. The van der Waals surface area contributed by atoms with E-state index in [1.54, 1.807) is 24.3 Å². The Kier molecular flexibility index (Phi) is 6.77. The van der Waals surface area contributed by atoms with Gasteiger partial charge in [0.2, 0.25) is 0 Å². The molecule has 2 aromatic heterocycles. The molecule has 0 fully saturated rings. The number of rotatable bonds is 8. The number of ketones is 1. The monoisotopic (exact) mass is 459 g/mol. The molecule has 0 saturated carbocycles. The second kappa shape index (κ2) is 9.13. The number of hydrogen-bond donors (Lipinski definition) is 0. The SMILES string of the molecule is Cc1cc(C(=O)CSc2nnc(COc3ccc(Cl)cc3)o2)c(C)n1CC(F)(F)F. The number of carbonyl (C=O) groups excluding carboxylic acids is 1. The zero-order valence-corrected chi connectivity index (χ0v) is 17.6. The van der Waals surface area contributed by atoms with Crippen molar-refractivity contribution in [1.82, 2.24) is 14.8 Å². The lowest BCUT2D eigenvalue weighted by atomic mass is 10.2. The van der Waals surface area contributed by atoms with Crippen LogP contribution in [0.25, 0.3) is 0 Å². The number of aryl methyl sites for hydroxylation is 1. The Hall–Kier alpha value is -2.46. The van der Waals surface area contributed by atoms with Gasteiger partial charge in [0.15, 0.2) is 12.4 Å². The number of hydrogen-bond acceptors (Lipinski definition) is 6. The van der Waals surface area contributed by atoms with Crippen LogP contribution in [0.1, 0.15) is 27.6 Å². The zero-order chi connectivity index (χ0) is 21.9. The van der Waals surface area contributed by atoms with E-state index in [2.05, 4.69) is 10.2 Å². The summed E-state index contributed by atoms with van der Waals surface area (Å²) in [5.74, 6) is 0.439. The minimum atomic E-state index is -4.36. The van der Waals surface area contributed by atoms with Crippen LogP contribution in [0.3, 0.4) is 0 Å². The van der Waals surface area contributed by atoms with Gasteiger partial charge in [0.05, 0.1) is 5.75 Å². The number of nitrogens with zero attached hydrogens (tertiary/aromatic N) is 3. The third-order valence-corrected chi connectivity index (χ3v) is 5.23. The summed E-state index contributed by atoms with van der Waals surface area (Å²) in [6, 6.07) is 8.22. The molecule has 0 amide bonds. The lowest BCUT2D eigenvalue weighted by Crippen LogP contribution is -2.19. The number of carbonyl (C=O) groups is 1. The first-order chi connectivity index (χ1) is 14.1.